The normalized spacial score (nSPS) is 11.2. The maximum absolute atomic E-state index is 6.63. The minimum Gasteiger partial charge on any atom is -0.398 e. The van der Waals surface area contributed by atoms with Crippen molar-refractivity contribution in [1.82, 2.24) is 0 Å². The zero-order valence-electron chi connectivity index (χ0n) is 16.7. The summed E-state index contributed by atoms with van der Waals surface area (Å²) in [6.45, 7) is 4.25. The van der Waals surface area contributed by atoms with Crippen molar-refractivity contribution in [3.05, 3.63) is 102 Å². The molecule has 29 heavy (non-hydrogen) atoms. The van der Waals surface area contributed by atoms with Crippen LogP contribution in [0, 0.1) is 13.8 Å². The lowest BCUT2D eigenvalue weighted by Gasteiger charge is -2.17. The van der Waals surface area contributed by atoms with Crippen LogP contribution in [0.3, 0.4) is 0 Å². The fraction of sp³-hybridized carbons (Fsp3) is 0.0714. The van der Waals surface area contributed by atoms with E-state index < -0.39 is 0 Å². The fourth-order valence-corrected chi connectivity index (χ4v) is 4.18. The maximum atomic E-state index is 6.63. The van der Waals surface area contributed by atoms with Crippen molar-refractivity contribution >= 4 is 27.2 Å². The standard InChI is InChI=1S/C28H23N/c1-18-7-11-20(12-8-18)23-15-16-25-26(27(23)21-13-9-19(2)10-14-21)17-22-5-3-4-6-24(22)28(25)29/h3-17H,29H2,1-2H3. The number of hydrogen-bond acceptors (Lipinski definition) is 1. The van der Waals surface area contributed by atoms with Crippen LogP contribution >= 0.6 is 0 Å². The summed E-state index contributed by atoms with van der Waals surface area (Å²) < 4.78 is 0. The van der Waals surface area contributed by atoms with Gasteiger partial charge < -0.3 is 5.73 Å². The molecule has 5 rings (SSSR count). The van der Waals surface area contributed by atoms with Gasteiger partial charge in [-0.05, 0) is 52.9 Å². The Bertz CT molecular complexity index is 1340. The molecule has 0 aliphatic rings. The third-order valence-electron chi connectivity index (χ3n) is 5.79. The van der Waals surface area contributed by atoms with E-state index in [2.05, 4.69) is 98.8 Å². The second-order valence-corrected chi connectivity index (χ2v) is 7.83. The summed E-state index contributed by atoms with van der Waals surface area (Å²) in [5, 5.41) is 4.59. The molecule has 140 valence electrons. The van der Waals surface area contributed by atoms with Gasteiger partial charge in [-0.15, -0.1) is 0 Å². The van der Waals surface area contributed by atoms with Gasteiger partial charge in [-0.2, -0.15) is 0 Å². The van der Waals surface area contributed by atoms with E-state index in [1.54, 1.807) is 0 Å². The molecule has 0 amide bonds. The third-order valence-corrected chi connectivity index (χ3v) is 5.79. The summed E-state index contributed by atoms with van der Waals surface area (Å²) in [5.74, 6) is 0. The minimum atomic E-state index is 0.849. The topological polar surface area (TPSA) is 26.0 Å². The first-order valence-electron chi connectivity index (χ1n) is 10.00. The highest BCUT2D eigenvalue weighted by Gasteiger charge is 2.15. The second kappa shape index (κ2) is 6.79. The zero-order valence-corrected chi connectivity index (χ0v) is 16.7. The van der Waals surface area contributed by atoms with E-state index in [0.29, 0.717) is 0 Å². The smallest absolute Gasteiger partial charge is 0.0473 e. The first-order valence-corrected chi connectivity index (χ1v) is 10.00. The molecule has 0 bridgehead atoms. The number of anilines is 1. The number of aryl methyl sites for hydroxylation is 2. The van der Waals surface area contributed by atoms with Crippen LogP contribution in [-0.2, 0) is 0 Å². The molecular formula is C28H23N. The first-order chi connectivity index (χ1) is 14.1. The van der Waals surface area contributed by atoms with Gasteiger partial charge >= 0.3 is 0 Å². The Hall–Kier alpha value is -3.58. The number of rotatable bonds is 2. The van der Waals surface area contributed by atoms with Crippen LogP contribution in [0.15, 0.2) is 91.0 Å². The Kier molecular flexibility index (Phi) is 4.10. The lowest BCUT2D eigenvalue weighted by atomic mass is 9.87. The van der Waals surface area contributed by atoms with E-state index in [-0.39, 0.29) is 0 Å². The molecular weight excluding hydrogens is 350 g/mol. The predicted molar refractivity (Wildman–Crippen MR) is 126 cm³/mol. The van der Waals surface area contributed by atoms with Gasteiger partial charge in [0.2, 0.25) is 0 Å². The van der Waals surface area contributed by atoms with Crippen molar-refractivity contribution in [3.63, 3.8) is 0 Å². The van der Waals surface area contributed by atoms with Gasteiger partial charge in [0.1, 0.15) is 0 Å². The van der Waals surface area contributed by atoms with Crippen molar-refractivity contribution in [3.8, 4) is 22.3 Å². The van der Waals surface area contributed by atoms with Gasteiger partial charge in [0, 0.05) is 16.5 Å². The molecule has 0 unspecified atom stereocenters. The number of benzene rings is 5. The summed E-state index contributed by atoms with van der Waals surface area (Å²) in [5.41, 5.74) is 14.9. The van der Waals surface area contributed by atoms with Gasteiger partial charge in [0.15, 0.2) is 0 Å². The monoisotopic (exact) mass is 373 g/mol. The third kappa shape index (κ3) is 2.96. The number of hydrogen-bond donors (Lipinski definition) is 1. The van der Waals surface area contributed by atoms with Crippen LogP contribution < -0.4 is 5.73 Å². The molecule has 0 saturated heterocycles. The number of nitrogen functional groups attached to an aromatic ring is 1. The molecule has 0 aromatic heterocycles. The number of fused-ring (bicyclic) bond motifs is 2. The lowest BCUT2D eigenvalue weighted by Crippen LogP contribution is -1.94. The minimum absolute atomic E-state index is 0.849. The summed E-state index contributed by atoms with van der Waals surface area (Å²) in [6.07, 6.45) is 0. The Morgan fingerprint density at radius 2 is 1.17 bits per heavy atom. The van der Waals surface area contributed by atoms with E-state index in [1.165, 1.54) is 44.2 Å². The largest absolute Gasteiger partial charge is 0.398 e. The molecule has 0 radical (unpaired) electrons. The molecule has 0 heterocycles. The van der Waals surface area contributed by atoms with Crippen molar-refractivity contribution in [2.45, 2.75) is 13.8 Å². The highest BCUT2D eigenvalue weighted by molar-refractivity contribution is 6.16. The van der Waals surface area contributed by atoms with Crippen molar-refractivity contribution in [1.29, 1.82) is 0 Å². The molecule has 0 aliphatic carbocycles. The summed E-state index contributed by atoms with van der Waals surface area (Å²) in [6, 6.07) is 32.6. The van der Waals surface area contributed by atoms with Crippen LogP contribution in [0.2, 0.25) is 0 Å². The van der Waals surface area contributed by atoms with E-state index in [4.69, 9.17) is 5.73 Å². The number of nitrogens with two attached hydrogens (primary N) is 1. The van der Waals surface area contributed by atoms with Gasteiger partial charge in [-0.1, -0.05) is 96.1 Å². The highest BCUT2D eigenvalue weighted by atomic mass is 14.6. The Morgan fingerprint density at radius 3 is 1.86 bits per heavy atom. The summed E-state index contributed by atoms with van der Waals surface area (Å²) in [7, 11) is 0. The molecule has 5 aromatic carbocycles. The molecule has 1 heteroatoms. The van der Waals surface area contributed by atoms with Crippen LogP contribution in [0.25, 0.3) is 43.8 Å². The van der Waals surface area contributed by atoms with Crippen LogP contribution in [0.1, 0.15) is 11.1 Å². The van der Waals surface area contributed by atoms with E-state index in [9.17, 15) is 0 Å². The van der Waals surface area contributed by atoms with Crippen LogP contribution in [0.4, 0.5) is 5.69 Å². The highest BCUT2D eigenvalue weighted by Crippen LogP contribution is 2.42. The van der Waals surface area contributed by atoms with E-state index >= 15 is 0 Å². The fourth-order valence-electron chi connectivity index (χ4n) is 4.18. The van der Waals surface area contributed by atoms with Gasteiger partial charge in [0.25, 0.3) is 0 Å². The van der Waals surface area contributed by atoms with Crippen molar-refractivity contribution in [2.24, 2.45) is 0 Å². The van der Waals surface area contributed by atoms with E-state index in [0.717, 1.165) is 16.5 Å². The first kappa shape index (κ1) is 17.5. The van der Waals surface area contributed by atoms with Crippen LogP contribution in [0.5, 0.6) is 0 Å². The SMILES string of the molecule is Cc1ccc(-c2ccc3c(N)c4ccccc4cc3c2-c2ccc(C)cc2)cc1. The molecule has 0 atom stereocenters. The maximum Gasteiger partial charge on any atom is 0.0473 e. The molecule has 0 spiro atoms. The average Bonchev–Trinajstić information content (AvgIpc) is 2.75. The van der Waals surface area contributed by atoms with Gasteiger partial charge in [0.05, 0.1) is 0 Å². The summed E-state index contributed by atoms with van der Waals surface area (Å²) >= 11 is 0. The molecule has 0 saturated carbocycles. The molecule has 2 N–H and O–H groups in total. The molecule has 0 fully saturated rings. The van der Waals surface area contributed by atoms with Gasteiger partial charge in [-0.25, -0.2) is 0 Å². The van der Waals surface area contributed by atoms with Crippen molar-refractivity contribution in [2.75, 3.05) is 5.73 Å². The summed E-state index contributed by atoms with van der Waals surface area (Å²) in [4.78, 5) is 0. The van der Waals surface area contributed by atoms with Crippen molar-refractivity contribution < 1.29 is 0 Å². The quantitative estimate of drug-likeness (QED) is 0.251. The van der Waals surface area contributed by atoms with Crippen LogP contribution in [-0.4, -0.2) is 0 Å². The molecule has 5 aromatic rings. The Labute approximate surface area is 171 Å². The van der Waals surface area contributed by atoms with E-state index in [1.807, 2.05) is 6.07 Å². The molecule has 1 nitrogen and oxygen atoms in total. The molecule has 0 aliphatic heterocycles. The second-order valence-electron chi connectivity index (χ2n) is 7.83. The Morgan fingerprint density at radius 1 is 0.552 bits per heavy atom. The Balaban J connectivity index is 1.92. The zero-order chi connectivity index (χ0) is 20.0. The lowest BCUT2D eigenvalue weighted by molar-refractivity contribution is 1.46. The average molecular weight is 373 g/mol. The predicted octanol–water partition coefficient (Wildman–Crippen LogP) is 7.53. The van der Waals surface area contributed by atoms with Gasteiger partial charge in [-0.3, -0.25) is 0 Å².